The molecule has 0 aliphatic heterocycles. The lowest BCUT2D eigenvalue weighted by molar-refractivity contribution is 0.0946. The number of nitrogens with one attached hydrogen (secondary N) is 1. The van der Waals surface area contributed by atoms with Gasteiger partial charge in [0.05, 0.1) is 18.5 Å². The number of methoxy groups -OCH3 is 1. The van der Waals surface area contributed by atoms with Crippen molar-refractivity contribution in [1.82, 2.24) is 10.3 Å². The molecule has 3 N–H and O–H groups in total. The number of anilines is 1. The Bertz CT molecular complexity index is 582. The highest BCUT2D eigenvalue weighted by Gasteiger charge is 2.06. The standard InChI is InChI=1S/C15H17N3O2/c1-20-10-12-4-2-3-11(7-12)8-18-15(19)14-6-5-13(16)9-17-14/h2-7,9H,8,10,16H2,1H3,(H,18,19). The first kappa shape index (κ1) is 14.0. The highest BCUT2D eigenvalue weighted by atomic mass is 16.5. The molecule has 1 aromatic heterocycles. The van der Waals surface area contributed by atoms with Gasteiger partial charge in [0.25, 0.3) is 5.91 Å². The van der Waals surface area contributed by atoms with Crippen LogP contribution in [-0.2, 0) is 17.9 Å². The molecule has 0 unspecified atom stereocenters. The Kier molecular flexibility index (Phi) is 4.68. The van der Waals surface area contributed by atoms with Crippen LogP contribution in [0.4, 0.5) is 5.69 Å². The van der Waals surface area contributed by atoms with Crippen LogP contribution in [0.15, 0.2) is 42.6 Å². The van der Waals surface area contributed by atoms with Gasteiger partial charge in [-0.25, -0.2) is 4.98 Å². The summed E-state index contributed by atoms with van der Waals surface area (Å²) in [5.41, 5.74) is 8.51. The molecule has 0 fully saturated rings. The van der Waals surface area contributed by atoms with Crippen molar-refractivity contribution in [2.24, 2.45) is 0 Å². The monoisotopic (exact) mass is 271 g/mol. The zero-order chi connectivity index (χ0) is 14.4. The van der Waals surface area contributed by atoms with Gasteiger partial charge in [-0.2, -0.15) is 0 Å². The largest absolute Gasteiger partial charge is 0.397 e. The Morgan fingerprint density at radius 3 is 2.80 bits per heavy atom. The lowest BCUT2D eigenvalue weighted by Crippen LogP contribution is -2.23. The van der Waals surface area contributed by atoms with Crippen LogP contribution in [0.3, 0.4) is 0 Å². The molecule has 0 aliphatic carbocycles. The van der Waals surface area contributed by atoms with Gasteiger partial charge in [-0.1, -0.05) is 24.3 Å². The lowest BCUT2D eigenvalue weighted by Gasteiger charge is -2.07. The maximum absolute atomic E-state index is 11.9. The Labute approximate surface area is 117 Å². The predicted octanol–water partition coefficient (Wildman–Crippen LogP) is 1.74. The first-order valence-corrected chi connectivity index (χ1v) is 6.25. The van der Waals surface area contributed by atoms with Gasteiger partial charge in [0.1, 0.15) is 5.69 Å². The molecular weight excluding hydrogens is 254 g/mol. The molecule has 1 heterocycles. The molecule has 0 saturated heterocycles. The van der Waals surface area contributed by atoms with Gasteiger partial charge in [0.2, 0.25) is 0 Å². The number of carbonyl (C=O) groups is 1. The first-order chi connectivity index (χ1) is 9.69. The second-order valence-corrected chi connectivity index (χ2v) is 4.41. The third-order valence-corrected chi connectivity index (χ3v) is 2.77. The molecule has 0 spiro atoms. The van der Waals surface area contributed by atoms with Crippen molar-refractivity contribution in [3.05, 3.63) is 59.4 Å². The van der Waals surface area contributed by atoms with Gasteiger partial charge in [0.15, 0.2) is 0 Å². The molecule has 5 heteroatoms. The lowest BCUT2D eigenvalue weighted by atomic mass is 10.1. The van der Waals surface area contributed by atoms with Gasteiger partial charge in [-0.05, 0) is 23.3 Å². The molecule has 2 aromatic rings. The number of aromatic nitrogens is 1. The molecule has 0 aliphatic rings. The van der Waals surface area contributed by atoms with Gasteiger partial charge >= 0.3 is 0 Å². The van der Waals surface area contributed by atoms with Crippen LogP contribution in [0.5, 0.6) is 0 Å². The third-order valence-electron chi connectivity index (χ3n) is 2.77. The Morgan fingerprint density at radius 1 is 1.30 bits per heavy atom. The highest BCUT2D eigenvalue weighted by molar-refractivity contribution is 5.92. The fraction of sp³-hybridized carbons (Fsp3) is 0.200. The second kappa shape index (κ2) is 6.68. The Morgan fingerprint density at radius 2 is 2.10 bits per heavy atom. The van der Waals surface area contributed by atoms with E-state index in [9.17, 15) is 4.79 Å². The minimum Gasteiger partial charge on any atom is -0.397 e. The number of hydrogen-bond acceptors (Lipinski definition) is 4. The summed E-state index contributed by atoms with van der Waals surface area (Å²) in [6.07, 6.45) is 1.47. The summed E-state index contributed by atoms with van der Waals surface area (Å²) < 4.78 is 5.08. The number of amides is 1. The average molecular weight is 271 g/mol. The van der Waals surface area contributed by atoms with E-state index in [1.165, 1.54) is 6.20 Å². The summed E-state index contributed by atoms with van der Waals surface area (Å²) in [6.45, 7) is 1.00. The minimum atomic E-state index is -0.220. The van der Waals surface area contributed by atoms with Crippen LogP contribution in [0.2, 0.25) is 0 Å². The molecule has 5 nitrogen and oxygen atoms in total. The third kappa shape index (κ3) is 3.80. The number of nitrogens with zero attached hydrogens (tertiary/aromatic N) is 1. The number of nitrogen functional groups attached to an aromatic ring is 1. The van der Waals surface area contributed by atoms with E-state index < -0.39 is 0 Å². The number of nitrogens with two attached hydrogens (primary N) is 1. The van der Waals surface area contributed by atoms with E-state index in [1.807, 2.05) is 24.3 Å². The normalized spacial score (nSPS) is 10.2. The summed E-state index contributed by atoms with van der Waals surface area (Å²) in [4.78, 5) is 15.9. The van der Waals surface area contributed by atoms with Crippen LogP contribution < -0.4 is 11.1 Å². The van der Waals surface area contributed by atoms with Gasteiger partial charge in [0, 0.05) is 13.7 Å². The van der Waals surface area contributed by atoms with Crippen LogP contribution in [0.1, 0.15) is 21.6 Å². The SMILES string of the molecule is COCc1cccc(CNC(=O)c2ccc(N)cn2)c1. The number of pyridine rings is 1. The van der Waals surface area contributed by atoms with Crippen LogP contribution >= 0.6 is 0 Å². The maximum atomic E-state index is 11.9. The van der Waals surface area contributed by atoms with Crippen molar-refractivity contribution >= 4 is 11.6 Å². The molecule has 104 valence electrons. The van der Waals surface area contributed by atoms with Crippen LogP contribution in [-0.4, -0.2) is 18.0 Å². The molecule has 0 bridgehead atoms. The van der Waals surface area contributed by atoms with Gasteiger partial charge < -0.3 is 15.8 Å². The Balaban J connectivity index is 1.96. The second-order valence-electron chi connectivity index (χ2n) is 4.41. The first-order valence-electron chi connectivity index (χ1n) is 6.25. The summed E-state index contributed by atoms with van der Waals surface area (Å²) in [6, 6.07) is 11.1. The Hall–Kier alpha value is -2.40. The average Bonchev–Trinajstić information content (AvgIpc) is 2.46. The minimum absolute atomic E-state index is 0.220. The molecular formula is C15H17N3O2. The zero-order valence-electron chi connectivity index (χ0n) is 11.3. The quantitative estimate of drug-likeness (QED) is 0.868. The summed E-state index contributed by atoms with van der Waals surface area (Å²) in [5.74, 6) is -0.220. The van der Waals surface area contributed by atoms with Crippen molar-refractivity contribution in [2.75, 3.05) is 12.8 Å². The molecule has 0 saturated carbocycles. The number of benzene rings is 1. The van der Waals surface area contributed by atoms with E-state index in [0.717, 1.165) is 11.1 Å². The molecule has 1 amide bonds. The number of hydrogen-bond donors (Lipinski definition) is 2. The number of rotatable bonds is 5. The van der Waals surface area contributed by atoms with Gasteiger partial charge in [-0.3, -0.25) is 4.79 Å². The van der Waals surface area contributed by atoms with Crippen molar-refractivity contribution in [1.29, 1.82) is 0 Å². The van der Waals surface area contributed by atoms with Crippen LogP contribution in [0, 0.1) is 0 Å². The molecule has 2 rings (SSSR count). The van der Waals surface area contributed by atoms with Gasteiger partial charge in [-0.15, -0.1) is 0 Å². The number of carbonyl (C=O) groups excluding carboxylic acids is 1. The molecule has 0 atom stereocenters. The topological polar surface area (TPSA) is 77.2 Å². The highest BCUT2D eigenvalue weighted by Crippen LogP contribution is 2.07. The van der Waals surface area contributed by atoms with Crippen molar-refractivity contribution < 1.29 is 9.53 Å². The summed E-state index contributed by atoms with van der Waals surface area (Å²) >= 11 is 0. The van der Waals surface area contributed by atoms with Crippen LogP contribution in [0.25, 0.3) is 0 Å². The van der Waals surface area contributed by atoms with Crippen molar-refractivity contribution in [3.8, 4) is 0 Å². The van der Waals surface area contributed by atoms with E-state index >= 15 is 0 Å². The zero-order valence-corrected chi connectivity index (χ0v) is 11.3. The van der Waals surface area contributed by atoms with E-state index in [0.29, 0.717) is 24.5 Å². The van der Waals surface area contributed by atoms with E-state index in [4.69, 9.17) is 10.5 Å². The summed E-state index contributed by atoms with van der Waals surface area (Å²) in [7, 11) is 1.65. The van der Waals surface area contributed by atoms with Crippen molar-refractivity contribution in [3.63, 3.8) is 0 Å². The molecule has 1 aromatic carbocycles. The maximum Gasteiger partial charge on any atom is 0.270 e. The smallest absolute Gasteiger partial charge is 0.270 e. The molecule has 0 radical (unpaired) electrons. The fourth-order valence-corrected chi connectivity index (χ4v) is 1.81. The van der Waals surface area contributed by atoms with E-state index in [-0.39, 0.29) is 5.91 Å². The van der Waals surface area contributed by atoms with Crippen molar-refractivity contribution in [2.45, 2.75) is 13.2 Å². The summed E-state index contributed by atoms with van der Waals surface area (Å²) in [5, 5.41) is 2.82. The fourth-order valence-electron chi connectivity index (χ4n) is 1.81. The molecule has 20 heavy (non-hydrogen) atoms. The van der Waals surface area contributed by atoms with E-state index in [1.54, 1.807) is 19.2 Å². The van der Waals surface area contributed by atoms with E-state index in [2.05, 4.69) is 10.3 Å². The predicted molar refractivity (Wildman–Crippen MR) is 77.0 cm³/mol. The number of ether oxygens (including phenoxy) is 1.